The van der Waals surface area contributed by atoms with E-state index in [1.165, 1.54) is 13.2 Å². The Hall–Kier alpha value is -3.98. The molecule has 2 aromatic carbocycles. The second-order valence-electron chi connectivity index (χ2n) is 8.16. The lowest BCUT2D eigenvalue weighted by atomic mass is 10.1. The van der Waals surface area contributed by atoms with E-state index in [0.717, 1.165) is 30.0 Å². The molecule has 0 spiro atoms. The smallest absolute Gasteiger partial charge is 0.254 e. The number of amides is 1. The highest BCUT2D eigenvalue weighted by atomic mass is 19.1. The molecule has 0 saturated carbocycles. The summed E-state index contributed by atoms with van der Waals surface area (Å²) in [5.41, 5.74) is 4.40. The Kier molecular flexibility index (Phi) is 5.85. The minimum Gasteiger partial charge on any atom is -0.494 e. The Morgan fingerprint density at radius 2 is 1.97 bits per heavy atom. The van der Waals surface area contributed by atoms with E-state index >= 15 is 0 Å². The number of piperazine rings is 1. The SMILES string of the molecule is COc1ccc(-c2cnc3c(Nc4ccc(C(=O)N5CCNCC5)c(C)c4)nccn23)cc1F. The minimum absolute atomic E-state index is 0.0513. The van der Waals surface area contributed by atoms with Crippen LogP contribution in [0.15, 0.2) is 55.0 Å². The molecule has 8 nitrogen and oxygen atoms in total. The molecule has 3 heterocycles. The normalized spacial score (nSPS) is 13.8. The fourth-order valence-electron chi connectivity index (χ4n) is 4.20. The number of rotatable bonds is 5. The molecule has 1 aliphatic rings. The molecular weight excluding hydrogens is 435 g/mol. The van der Waals surface area contributed by atoms with Gasteiger partial charge in [0.2, 0.25) is 0 Å². The van der Waals surface area contributed by atoms with Gasteiger partial charge in [-0.25, -0.2) is 14.4 Å². The fraction of sp³-hybridized carbons (Fsp3) is 0.240. The average molecular weight is 461 g/mol. The van der Waals surface area contributed by atoms with E-state index in [1.807, 2.05) is 34.4 Å². The molecule has 0 atom stereocenters. The molecule has 0 aliphatic carbocycles. The summed E-state index contributed by atoms with van der Waals surface area (Å²) < 4.78 is 21.1. The molecule has 0 bridgehead atoms. The van der Waals surface area contributed by atoms with Gasteiger partial charge in [-0.05, 0) is 48.9 Å². The van der Waals surface area contributed by atoms with Crippen LogP contribution in [-0.4, -0.2) is 58.5 Å². The number of hydrogen-bond donors (Lipinski definition) is 2. The van der Waals surface area contributed by atoms with Gasteiger partial charge in [0.25, 0.3) is 5.91 Å². The van der Waals surface area contributed by atoms with Crippen molar-refractivity contribution in [2.45, 2.75) is 6.92 Å². The minimum atomic E-state index is -0.437. The molecule has 1 fully saturated rings. The maximum Gasteiger partial charge on any atom is 0.254 e. The number of nitrogens with zero attached hydrogens (tertiary/aromatic N) is 4. The summed E-state index contributed by atoms with van der Waals surface area (Å²) in [5.74, 6) is 0.364. The number of methoxy groups -OCH3 is 1. The molecule has 174 valence electrons. The summed E-state index contributed by atoms with van der Waals surface area (Å²) in [6, 6.07) is 10.5. The highest BCUT2D eigenvalue weighted by Crippen LogP contribution is 2.29. The van der Waals surface area contributed by atoms with Gasteiger partial charge < -0.3 is 20.3 Å². The zero-order valence-corrected chi connectivity index (χ0v) is 19.0. The van der Waals surface area contributed by atoms with Crippen LogP contribution in [0.2, 0.25) is 0 Å². The van der Waals surface area contributed by atoms with Crippen LogP contribution in [0.1, 0.15) is 15.9 Å². The molecule has 5 rings (SSSR count). The van der Waals surface area contributed by atoms with E-state index in [4.69, 9.17) is 4.74 Å². The molecule has 0 unspecified atom stereocenters. The van der Waals surface area contributed by atoms with Crippen molar-refractivity contribution in [3.8, 4) is 17.0 Å². The zero-order chi connectivity index (χ0) is 23.7. The molecule has 9 heteroatoms. The lowest BCUT2D eigenvalue weighted by Crippen LogP contribution is -2.46. The predicted octanol–water partition coefficient (Wildman–Crippen LogP) is 3.64. The van der Waals surface area contributed by atoms with Crippen LogP contribution in [0.3, 0.4) is 0 Å². The molecule has 34 heavy (non-hydrogen) atoms. The number of aryl methyl sites for hydroxylation is 1. The van der Waals surface area contributed by atoms with E-state index in [0.29, 0.717) is 35.7 Å². The molecule has 2 aromatic heterocycles. The Bertz CT molecular complexity index is 1360. The van der Waals surface area contributed by atoms with Crippen molar-refractivity contribution in [2.75, 3.05) is 38.6 Å². The van der Waals surface area contributed by atoms with Gasteiger partial charge in [-0.2, -0.15) is 0 Å². The molecule has 1 amide bonds. The third kappa shape index (κ3) is 4.06. The summed E-state index contributed by atoms with van der Waals surface area (Å²) in [6.07, 6.45) is 5.13. The van der Waals surface area contributed by atoms with Crippen LogP contribution in [0.5, 0.6) is 5.75 Å². The van der Waals surface area contributed by atoms with Crippen LogP contribution in [-0.2, 0) is 0 Å². The van der Waals surface area contributed by atoms with Crippen molar-refractivity contribution >= 4 is 23.1 Å². The summed E-state index contributed by atoms with van der Waals surface area (Å²) >= 11 is 0. The lowest BCUT2D eigenvalue weighted by Gasteiger charge is -2.28. The van der Waals surface area contributed by atoms with E-state index in [-0.39, 0.29) is 11.7 Å². The Morgan fingerprint density at radius 1 is 1.15 bits per heavy atom. The number of imidazole rings is 1. The lowest BCUT2D eigenvalue weighted by molar-refractivity contribution is 0.0735. The van der Waals surface area contributed by atoms with Crippen LogP contribution in [0.4, 0.5) is 15.9 Å². The van der Waals surface area contributed by atoms with Gasteiger partial charge in [0.05, 0.1) is 19.0 Å². The second-order valence-corrected chi connectivity index (χ2v) is 8.16. The van der Waals surface area contributed by atoms with Crippen molar-refractivity contribution in [2.24, 2.45) is 0 Å². The van der Waals surface area contributed by atoms with Crippen LogP contribution >= 0.6 is 0 Å². The largest absolute Gasteiger partial charge is 0.494 e. The highest BCUT2D eigenvalue weighted by molar-refractivity contribution is 5.96. The Labute approximate surface area is 196 Å². The number of aromatic nitrogens is 3. The zero-order valence-electron chi connectivity index (χ0n) is 19.0. The van der Waals surface area contributed by atoms with Crippen molar-refractivity contribution < 1.29 is 13.9 Å². The fourth-order valence-corrected chi connectivity index (χ4v) is 4.20. The first-order chi connectivity index (χ1) is 16.5. The van der Waals surface area contributed by atoms with Crippen molar-refractivity contribution in [3.63, 3.8) is 0 Å². The Morgan fingerprint density at radius 3 is 2.71 bits per heavy atom. The monoisotopic (exact) mass is 460 g/mol. The Balaban J connectivity index is 1.42. The number of carbonyl (C=O) groups is 1. The molecule has 1 aliphatic heterocycles. The predicted molar refractivity (Wildman–Crippen MR) is 128 cm³/mol. The number of hydrogen-bond acceptors (Lipinski definition) is 6. The molecule has 0 radical (unpaired) electrons. The summed E-state index contributed by atoms with van der Waals surface area (Å²) in [4.78, 5) is 23.7. The quantitative estimate of drug-likeness (QED) is 0.473. The van der Waals surface area contributed by atoms with Crippen LogP contribution in [0, 0.1) is 12.7 Å². The third-order valence-corrected chi connectivity index (χ3v) is 6.00. The van der Waals surface area contributed by atoms with Gasteiger partial charge in [0.15, 0.2) is 23.0 Å². The number of halogens is 1. The van der Waals surface area contributed by atoms with E-state index in [9.17, 15) is 9.18 Å². The number of benzene rings is 2. The molecule has 4 aromatic rings. The standard InChI is InChI=1S/C25H25FN6O2/c1-16-13-18(4-5-19(16)25(33)31-10-7-27-8-11-31)30-23-24-29-15-21(32(24)12-9-28-23)17-3-6-22(34-2)20(26)14-17/h3-6,9,12-15,27H,7-8,10-11H2,1-2H3,(H,28,30). The van der Waals surface area contributed by atoms with Crippen molar-refractivity contribution in [1.82, 2.24) is 24.6 Å². The third-order valence-electron chi connectivity index (χ3n) is 6.00. The number of carbonyl (C=O) groups excluding carboxylic acids is 1. The summed E-state index contributed by atoms with van der Waals surface area (Å²) in [6.45, 7) is 4.99. The first-order valence-corrected chi connectivity index (χ1v) is 11.1. The summed E-state index contributed by atoms with van der Waals surface area (Å²) in [5, 5.41) is 6.57. The summed E-state index contributed by atoms with van der Waals surface area (Å²) in [7, 11) is 1.44. The van der Waals surface area contributed by atoms with Gasteiger partial charge in [0.1, 0.15) is 0 Å². The van der Waals surface area contributed by atoms with E-state index in [2.05, 4.69) is 20.6 Å². The molecule has 2 N–H and O–H groups in total. The molecule has 1 saturated heterocycles. The van der Waals surface area contributed by atoms with Gasteiger partial charge in [-0.3, -0.25) is 9.20 Å². The van der Waals surface area contributed by atoms with Crippen molar-refractivity contribution in [1.29, 1.82) is 0 Å². The van der Waals surface area contributed by atoms with Gasteiger partial charge in [-0.15, -0.1) is 0 Å². The maximum absolute atomic E-state index is 14.2. The highest BCUT2D eigenvalue weighted by Gasteiger charge is 2.20. The van der Waals surface area contributed by atoms with Crippen LogP contribution in [0.25, 0.3) is 16.9 Å². The van der Waals surface area contributed by atoms with Gasteiger partial charge in [0, 0.05) is 55.4 Å². The van der Waals surface area contributed by atoms with Crippen LogP contribution < -0.4 is 15.4 Å². The average Bonchev–Trinajstić information content (AvgIpc) is 3.29. The molecular formula is C25H25FN6O2. The second kappa shape index (κ2) is 9.11. The van der Waals surface area contributed by atoms with Gasteiger partial charge in [-0.1, -0.05) is 0 Å². The van der Waals surface area contributed by atoms with E-state index in [1.54, 1.807) is 30.7 Å². The maximum atomic E-state index is 14.2. The van der Waals surface area contributed by atoms with Crippen molar-refractivity contribution in [3.05, 3.63) is 71.9 Å². The number of ether oxygens (including phenoxy) is 1. The topological polar surface area (TPSA) is 83.8 Å². The first-order valence-electron chi connectivity index (χ1n) is 11.1. The number of anilines is 2. The van der Waals surface area contributed by atoms with E-state index < -0.39 is 5.82 Å². The van der Waals surface area contributed by atoms with Gasteiger partial charge >= 0.3 is 0 Å². The first kappa shape index (κ1) is 21.8. The number of nitrogens with one attached hydrogen (secondary N) is 2. The number of fused-ring (bicyclic) bond motifs is 1.